The summed E-state index contributed by atoms with van der Waals surface area (Å²) < 4.78 is 47.5. The van der Waals surface area contributed by atoms with Crippen LogP contribution in [-0.2, 0) is 0 Å². The van der Waals surface area contributed by atoms with E-state index in [9.17, 15) is 17.6 Å². The summed E-state index contributed by atoms with van der Waals surface area (Å²) in [4.78, 5) is 0. The number of nitriles is 1. The maximum atomic E-state index is 12.1. The molecule has 0 radical (unpaired) electrons. The number of thioether (sulfide) groups is 1. The highest BCUT2D eigenvalue weighted by molar-refractivity contribution is 8.03. The van der Waals surface area contributed by atoms with Crippen molar-refractivity contribution in [2.75, 3.05) is 5.75 Å². The molecule has 1 N–H and O–H groups in total. The summed E-state index contributed by atoms with van der Waals surface area (Å²) in [5, 5.41) is 17.0. The summed E-state index contributed by atoms with van der Waals surface area (Å²) in [5.41, 5.74) is 0. The average Bonchev–Trinajstić information content (AvgIpc) is 1.85. The molecule has 0 aliphatic carbocycles. The van der Waals surface area contributed by atoms with Gasteiger partial charge >= 0.3 is 12.0 Å². The minimum atomic E-state index is -5.01. The van der Waals surface area contributed by atoms with E-state index in [1.54, 1.807) is 0 Å². The van der Waals surface area contributed by atoms with E-state index in [0.717, 1.165) is 0 Å². The first-order chi connectivity index (χ1) is 5.31. The van der Waals surface area contributed by atoms with Crippen LogP contribution >= 0.6 is 11.8 Å². The van der Waals surface area contributed by atoms with Crippen molar-refractivity contribution >= 4 is 11.8 Å². The monoisotopic (exact) mass is 203 g/mol. The number of hydrogen-bond acceptors (Lipinski definition) is 3. The molecule has 0 fully saturated rings. The lowest BCUT2D eigenvalue weighted by Crippen LogP contribution is -2.40. The Kier molecular flexibility index (Phi) is 3.80. The maximum absolute atomic E-state index is 12.1. The van der Waals surface area contributed by atoms with E-state index in [1.807, 2.05) is 0 Å². The van der Waals surface area contributed by atoms with Gasteiger partial charge in [0.1, 0.15) is 5.40 Å². The topological polar surface area (TPSA) is 44.0 Å². The van der Waals surface area contributed by atoms with Crippen LogP contribution in [0.2, 0.25) is 0 Å². The Morgan fingerprint density at radius 2 is 1.83 bits per heavy atom. The minimum absolute atomic E-state index is 0.432. The third-order valence-corrected chi connectivity index (χ3v) is 1.56. The summed E-state index contributed by atoms with van der Waals surface area (Å²) in [7, 11) is 0. The molecule has 70 valence electrons. The van der Waals surface area contributed by atoms with Crippen LogP contribution in [0.15, 0.2) is 0 Å². The number of halogens is 4. The van der Waals surface area contributed by atoms with Crippen LogP contribution in [0.5, 0.6) is 0 Å². The Balaban J connectivity index is 3.98. The second-order valence-electron chi connectivity index (χ2n) is 1.94. The Morgan fingerprint density at radius 1 is 1.33 bits per heavy atom. The summed E-state index contributed by atoms with van der Waals surface area (Å²) in [6.45, 7) is 0. The highest BCUT2D eigenvalue weighted by atomic mass is 32.2. The zero-order chi connectivity index (χ0) is 9.83. The molecule has 0 saturated heterocycles. The first kappa shape index (κ1) is 11.5. The van der Waals surface area contributed by atoms with Gasteiger partial charge in [-0.2, -0.15) is 22.8 Å². The number of aliphatic hydroxyl groups is 1. The highest BCUT2D eigenvalue weighted by Gasteiger charge is 2.54. The average molecular weight is 203 g/mol. The van der Waals surface area contributed by atoms with Gasteiger partial charge < -0.3 is 5.11 Å². The van der Waals surface area contributed by atoms with Gasteiger partial charge in [-0.1, -0.05) is 0 Å². The smallest absolute Gasteiger partial charge is 0.332 e. The standard InChI is InChI=1S/C5H5F4NOS/c6-4(7,5(8,9)11)1-2-12-3-10/h11H,1-2H2. The summed E-state index contributed by atoms with van der Waals surface area (Å²) in [5.74, 6) is -4.91. The third-order valence-electron chi connectivity index (χ3n) is 1.02. The molecule has 0 saturated carbocycles. The van der Waals surface area contributed by atoms with Gasteiger partial charge in [0.05, 0.1) is 0 Å². The van der Waals surface area contributed by atoms with Crippen molar-refractivity contribution in [3.63, 3.8) is 0 Å². The second-order valence-corrected chi connectivity index (χ2v) is 2.81. The van der Waals surface area contributed by atoms with Crippen molar-refractivity contribution in [1.82, 2.24) is 0 Å². The van der Waals surface area contributed by atoms with Gasteiger partial charge in [-0.15, -0.1) is 0 Å². The predicted molar refractivity (Wildman–Crippen MR) is 34.8 cm³/mol. The zero-order valence-corrected chi connectivity index (χ0v) is 6.55. The fourth-order valence-electron chi connectivity index (χ4n) is 0.375. The van der Waals surface area contributed by atoms with E-state index in [4.69, 9.17) is 10.4 Å². The molecular formula is C5H5F4NOS. The van der Waals surface area contributed by atoms with Crippen molar-refractivity contribution < 1.29 is 22.7 Å². The van der Waals surface area contributed by atoms with E-state index >= 15 is 0 Å². The lowest BCUT2D eigenvalue weighted by Gasteiger charge is -2.20. The molecule has 0 unspecified atom stereocenters. The number of rotatable bonds is 4. The molecule has 0 aromatic carbocycles. The van der Waals surface area contributed by atoms with Gasteiger partial charge in [0.25, 0.3) is 0 Å². The highest BCUT2D eigenvalue weighted by Crippen LogP contribution is 2.35. The summed E-state index contributed by atoms with van der Waals surface area (Å²) >= 11 is 0.432. The van der Waals surface area contributed by atoms with Gasteiger partial charge in [-0.3, -0.25) is 0 Å². The van der Waals surface area contributed by atoms with E-state index in [-0.39, 0.29) is 0 Å². The SMILES string of the molecule is N#CSCCC(F)(F)C(O)(F)F. The molecule has 7 heteroatoms. The van der Waals surface area contributed by atoms with Crippen LogP contribution in [0.1, 0.15) is 6.42 Å². The summed E-state index contributed by atoms with van der Waals surface area (Å²) in [6, 6.07) is 0. The molecule has 0 bridgehead atoms. The largest absolute Gasteiger partial charge is 0.416 e. The van der Waals surface area contributed by atoms with Crippen LogP contribution in [0.25, 0.3) is 0 Å². The Bertz CT molecular complexity index is 185. The van der Waals surface area contributed by atoms with Crippen molar-refractivity contribution in [2.45, 2.75) is 18.5 Å². The number of alkyl halides is 4. The predicted octanol–water partition coefficient (Wildman–Crippen LogP) is 1.81. The van der Waals surface area contributed by atoms with E-state index in [2.05, 4.69) is 0 Å². The maximum Gasteiger partial charge on any atom is 0.416 e. The normalized spacial score (nSPS) is 12.7. The van der Waals surface area contributed by atoms with Gasteiger partial charge in [0.15, 0.2) is 0 Å². The Labute approximate surface area is 70.2 Å². The molecule has 0 amide bonds. The van der Waals surface area contributed by atoms with Crippen molar-refractivity contribution in [3.05, 3.63) is 0 Å². The Hall–Kier alpha value is -0.480. The minimum Gasteiger partial charge on any atom is -0.332 e. The molecule has 0 aliphatic rings. The molecule has 0 atom stereocenters. The lowest BCUT2D eigenvalue weighted by molar-refractivity contribution is -0.325. The van der Waals surface area contributed by atoms with Crippen molar-refractivity contribution in [2.24, 2.45) is 0 Å². The molecule has 0 aromatic heterocycles. The van der Waals surface area contributed by atoms with Crippen LogP contribution < -0.4 is 0 Å². The molecule has 0 aromatic rings. The van der Waals surface area contributed by atoms with Gasteiger partial charge in [-0.05, 0) is 11.8 Å². The van der Waals surface area contributed by atoms with E-state index in [0.29, 0.717) is 11.8 Å². The van der Waals surface area contributed by atoms with Crippen molar-refractivity contribution in [3.8, 4) is 5.40 Å². The molecule has 0 heterocycles. The summed E-state index contributed by atoms with van der Waals surface area (Å²) in [6.07, 6.45) is -6.24. The van der Waals surface area contributed by atoms with E-state index in [1.165, 1.54) is 5.40 Å². The van der Waals surface area contributed by atoms with Crippen LogP contribution in [-0.4, -0.2) is 22.9 Å². The molecular weight excluding hydrogens is 198 g/mol. The molecule has 0 aliphatic heterocycles. The van der Waals surface area contributed by atoms with Crippen LogP contribution in [0.4, 0.5) is 17.6 Å². The van der Waals surface area contributed by atoms with Gasteiger partial charge in [0.2, 0.25) is 0 Å². The molecule has 0 spiro atoms. The number of nitrogens with zero attached hydrogens (tertiary/aromatic N) is 1. The molecule has 2 nitrogen and oxygen atoms in total. The van der Waals surface area contributed by atoms with Gasteiger partial charge in [0, 0.05) is 12.2 Å². The fourth-order valence-corrected chi connectivity index (χ4v) is 0.825. The van der Waals surface area contributed by atoms with Crippen molar-refractivity contribution in [1.29, 1.82) is 5.26 Å². The first-order valence-electron chi connectivity index (χ1n) is 2.80. The lowest BCUT2D eigenvalue weighted by atomic mass is 10.2. The second kappa shape index (κ2) is 3.96. The first-order valence-corrected chi connectivity index (χ1v) is 3.79. The third kappa shape index (κ3) is 3.28. The molecule has 0 rings (SSSR count). The zero-order valence-electron chi connectivity index (χ0n) is 5.73. The van der Waals surface area contributed by atoms with E-state index < -0.39 is 24.2 Å². The fraction of sp³-hybridized carbons (Fsp3) is 0.800. The number of hydrogen-bond donors (Lipinski definition) is 1. The number of thiocyanates is 1. The van der Waals surface area contributed by atoms with Crippen LogP contribution in [0.3, 0.4) is 0 Å². The Morgan fingerprint density at radius 3 is 2.17 bits per heavy atom. The molecule has 12 heavy (non-hydrogen) atoms. The van der Waals surface area contributed by atoms with Crippen LogP contribution in [0, 0.1) is 10.7 Å². The van der Waals surface area contributed by atoms with Gasteiger partial charge in [-0.25, -0.2) is 0 Å². The quantitative estimate of drug-likeness (QED) is 0.430.